The second-order valence-corrected chi connectivity index (χ2v) is 4.68. The molecule has 0 heterocycles. The fourth-order valence-electron chi connectivity index (χ4n) is 1.32. The molecule has 5 heteroatoms. The maximum atomic E-state index is 7.87. The molecule has 1 aromatic rings. The highest BCUT2D eigenvalue weighted by molar-refractivity contribution is 8.00. The van der Waals surface area contributed by atoms with Gasteiger partial charge in [0.25, 0.3) is 0 Å². The van der Waals surface area contributed by atoms with Crippen molar-refractivity contribution < 1.29 is 0 Å². The number of nitrogens with one attached hydrogen (secondary N) is 2. The van der Waals surface area contributed by atoms with Gasteiger partial charge < -0.3 is 10.6 Å². The van der Waals surface area contributed by atoms with E-state index in [0.717, 1.165) is 23.5 Å². The largest absolute Gasteiger partial charge is 0.399 e. The summed E-state index contributed by atoms with van der Waals surface area (Å²) in [4.78, 5) is 2.75. The second-order valence-electron chi connectivity index (χ2n) is 3.63. The van der Waals surface area contributed by atoms with Gasteiger partial charge in [-0.25, -0.2) is 0 Å². The third kappa shape index (κ3) is 4.48. The van der Waals surface area contributed by atoms with Crippen LogP contribution in [0.5, 0.6) is 0 Å². The molecule has 0 spiro atoms. The van der Waals surface area contributed by atoms with Gasteiger partial charge in [-0.1, -0.05) is 6.92 Å². The van der Waals surface area contributed by atoms with Gasteiger partial charge in [0.1, 0.15) is 5.84 Å². The topological polar surface area (TPSA) is 77.0 Å². The number of nitrogens with zero attached hydrogens (tertiary/aromatic N) is 1. The van der Waals surface area contributed by atoms with Crippen LogP contribution < -0.4 is 5.73 Å². The average Bonchev–Trinajstić information content (AvgIpc) is 2.35. The summed E-state index contributed by atoms with van der Waals surface area (Å²) in [6, 6.07) is 7.60. The van der Waals surface area contributed by atoms with Crippen LogP contribution in [-0.4, -0.2) is 29.4 Å². The lowest BCUT2D eigenvalue weighted by Gasteiger charge is -2.18. The lowest BCUT2D eigenvalue weighted by molar-refractivity contribution is 0.600. The number of amidine groups is 1. The molecule has 0 bridgehead atoms. The maximum absolute atomic E-state index is 7.87. The molecule has 0 aliphatic rings. The van der Waals surface area contributed by atoms with Crippen molar-refractivity contribution in [3.63, 3.8) is 0 Å². The molecule has 0 aliphatic carbocycles. The quantitative estimate of drug-likeness (QED) is 0.314. The Morgan fingerprint density at radius 1 is 1.41 bits per heavy atom. The lowest BCUT2D eigenvalue weighted by atomic mass is 10.3. The van der Waals surface area contributed by atoms with E-state index in [-0.39, 0.29) is 0 Å². The van der Waals surface area contributed by atoms with Crippen molar-refractivity contribution in [1.82, 2.24) is 4.90 Å². The summed E-state index contributed by atoms with van der Waals surface area (Å²) in [6.45, 7) is 2.77. The van der Waals surface area contributed by atoms with Crippen LogP contribution in [0.1, 0.15) is 13.3 Å². The zero-order chi connectivity index (χ0) is 12.7. The van der Waals surface area contributed by atoms with Crippen molar-refractivity contribution in [1.29, 1.82) is 10.8 Å². The highest BCUT2D eigenvalue weighted by Crippen LogP contribution is 2.19. The van der Waals surface area contributed by atoms with Crippen LogP contribution in [0.25, 0.3) is 0 Å². The first-order valence-corrected chi connectivity index (χ1v) is 6.49. The van der Waals surface area contributed by atoms with Crippen LogP contribution in [0.2, 0.25) is 0 Å². The number of nitrogen functional groups attached to an aromatic ring is 1. The predicted octanol–water partition coefficient (Wildman–Crippen LogP) is 2.66. The summed E-state index contributed by atoms with van der Waals surface area (Å²) in [5, 5.41) is 15.1. The van der Waals surface area contributed by atoms with Crippen molar-refractivity contribution in [2.45, 2.75) is 18.2 Å². The Bertz CT molecular complexity index is 375. The van der Waals surface area contributed by atoms with Gasteiger partial charge in [-0.2, -0.15) is 0 Å². The molecular weight excluding hydrogens is 232 g/mol. The second kappa shape index (κ2) is 6.96. The highest BCUT2D eigenvalue weighted by atomic mass is 32.2. The highest BCUT2D eigenvalue weighted by Gasteiger charge is 2.06. The Morgan fingerprint density at radius 3 is 2.59 bits per heavy atom. The third-order valence-corrected chi connectivity index (χ3v) is 3.25. The first kappa shape index (κ1) is 13.6. The molecule has 0 amide bonds. The van der Waals surface area contributed by atoms with Crippen LogP contribution in [-0.2, 0) is 0 Å². The summed E-state index contributed by atoms with van der Waals surface area (Å²) in [7, 11) is 0. The zero-order valence-corrected chi connectivity index (χ0v) is 10.8. The number of anilines is 1. The molecular formula is C12H18N4S. The summed E-state index contributed by atoms with van der Waals surface area (Å²) in [6.07, 6.45) is 2.15. The lowest BCUT2D eigenvalue weighted by Crippen LogP contribution is -2.30. The first-order chi connectivity index (χ1) is 8.17. The van der Waals surface area contributed by atoms with E-state index in [9.17, 15) is 0 Å². The summed E-state index contributed by atoms with van der Waals surface area (Å²) in [5.41, 5.74) is 6.35. The normalized spacial score (nSPS) is 9.94. The number of hydrogen-bond acceptors (Lipinski definition) is 4. The monoisotopic (exact) mass is 250 g/mol. The number of rotatable bonds is 6. The van der Waals surface area contributed by atoms with Gasteiger partial charge >= 0.3 is 0 Å². The molecule has 0 aromatic heterocycles. The molecule has 1 aromatic carbocycles. The number of thioether (sulfide) groups is 1. The SMILES string of the molecule is CCCN(C=N)C(=N)CSc1ccc(N)cc1. The van der Waals surface area contributed by atoms with Gasteiger partial charge in [0.05, 0.1) is 12.1 Å². The first-order valence-electron chi connectivity index (χ1n) is 5.50. The number of nitrogens with two attached hydrogens (primary N) is 1. The molecule has 0 saturated carbocycles. The molecule has 0 fully saturated rings. The molecule has 0 unspecified atom stereocenters. The zero-order valence-electron chi connectivity index (χ0n) is 9.94. The Balaban J connectivity index is 2.47. The number of hydrogen-bond donors (Lipinski definition) is 3. The van der Waals surface area contributed by atoms with E-state index >= 15 is 0 Å². The van der Waals surface area contributed by atoms with E-state index in [1.54, 1.807) is 16.7 Å². The summed E-state index contributed by atoms with van der Waals surface area (Å²) >= 11 is 1.58. The van der Waals surface area contributed by atoms with E-state index in [2.05, 4.69) is 0 Å². The Kier molecular flexibility index (Phi) is 5.56. The number of benzene rings is 1. The standard InChI is InChI=1S/C12H18N4S/c1-2-7-16(9-13)12(15)8-17-11-5-3-10(14)4-6-11/h3-6,9,13,15H,2,7-8,14H2,1H3. The minimum Gasteiger partial charge on any atom is -0.399 e. The van der Waals surface area contributed by atoms with Gasteiger partial charge in [0.2, 0.25) is 0 Å². The summed E-state index contributed by atoms with van der Waals surface area (Å²) in [5.74, 6) is 1.03. The molecule has 0 saturated heterocycles. The third-order valence-electron chi connectivity index (χ3n) is 2.22. The van der Waals surface area contributed by atoms with Gasteiger partial charge in [0, 0.05) is 17.1 Å². The molecule has 1 rings (SSSR count). The average molecular weight is 250 g/mol. The van der Waals surface area contributed by atoms with Gasteiger partial charge in [-0.15, -0.1) is 11.8 Å². The molecule has 4 N–H and O–H groups in total. The van der Waals surface area contributed by atoms with E-state index in [0.29, 0.717) is 11.6 Å². The fraction of sp³-hybridized carbons (Fsp3) is 0.333. The van der Waals surface area contributed by atoms with Crippen LogP contribution in [0.4, 0.5) is 5.69 Å². The Morgan fingerprint density at radius 2 is 2.06 bits per heavy atom. The molecule has 17 heavy (non-hydrogen) atoms. The van der Waals surface area contributed by atoms with Crippen LogP contribution >= 0.6 is 11.8 Å². The van der Waals surface area contributed by atoms with Crippen molar-refractivity contribution in [2.24, 2.45) is 0 Å². The molecule has 4 nitrogen and oxygen atoms in total. The molecule has 0 radical (unpaired) electrons. The predicted molar refractivity (Wildman–Crippen MR) is 75.1 cm³/mol. The smallest absolute Gasteiger partial charge is 0.111 e. The van der Waals surface area contributed by atoms with Gasteiger partial charge in [-0.3, -0.25) is 10.8 Å². The van der Waals surface area contributed by atoms with E-state index in [1.165, 1.54) is 6.34 Å². The summed E-state index contributed by atoms with van der Waals surface area (Å²) < 4.78 is 0. The minimum absolute atomic E-state index is 0.462. The van der Waals surface area contributed by atoms with Gasteiger partial charge in [0.15, 0.2) is 0 Å². The van der Waals surface area contributed by atoms with Crippen molar-refractivity contribution in [3.8, 4) is 0 Å². The maximum Gasteiger partial charge on any atom is 0.111 e. The Labute approximate surface area is 106 Å². The van der Waals surface area contributed by atoms with Crippen molar-refractivity contribution >= 4 is 29.6 Å². The van der Waals surface area contributed by atoms with E-state index in [4.69, 9.17) is 16.6 Å². The van der Waals surface area contributed by atoms with Crippen LogP contribution in [0, 0.1) is 10.8 Å². The molecule has 0 aliphatic heterocycles. The molecule has 0 atom stereocenters. The van der Waals surface area contributed by atoms with E-state index in [1.807, 2.05) is 31.2 Å². The van der Waals surface area contributed by atoms with Crippen molar-refractivity contribution in [3.05, 3.63) is 24.3 Å². The minimum atomic E-state index is 0.462. The van der Waals surface area contributed by atoms with Gasteiger partial charge in [-0.05, 0) is 30.7 Å². The fourth-order valence-corrected chi connectivity index (χ4v) is 2.11. The van der Waals surface area contributed by atoms with Crippen LogP contribution in [0.3, 0.4) is 0 Å². The van der Waals surface area contributed by atoms with E-state index < -0.39 is 0 Å². The van der Waals surface area contributed by atoms with Crippen molar-refractivity contribution in [2.75, 3.05) is 18.0 Å². The Hall–Kier alpha value is -1.49. The van der Waals surface area contributed by atoms with Crippen LogP contribution in [0.15, 0.2) is 29.2 Å². The molecule has 92 valence electrons.